The molecule has 1 aromatic rings. The van der Waals surface area contributed by atoms with Crippen LogP contribution in [-0.2, 0) is 4.79 Å². The Labute approximate surface area is 98.9 Å². The summed E-state index contributed by atoms with van der Waals surface area (Å²) in [4.78, 5) is 26.2. The Balaban J connectivity index is 2.07. The molecule has 5 nitrogen and oxygen atoms in total. The summed E-state index contributed by atoms with van der Waals surface area (Å²) < 4.78 is 0. The van der Waals surface area contributed by atoms with Gasteiger partial charge < -0.3 is 10.4 Å². The second kappa shape index (κ2) is 3.84. The molecule has 0 aromatic carbocycles. The van der Waals surface area contributed by atoms with Gasteiger partial charge in [0.25, 0.3) is 0 Å². The van der Waals surface area contributed by atoms with E-state index in [2.05, 4.69) is 10.3 Å². The average Bonchev–Trinajstić information content (AvgIpc) is 2.88. The van der Waals surface area contributed by atoms with E-state index in [9.17, 15) is 9.59 Å². The van der Waals surface area contributed by atoms with Crippen molar-refractivity contribution < 1.29 is 14.7 Å². The number of rotatable bonds is 3. The minimum atomic E-state index is -1.10. The molecule has 0 radical (unpaired) electrons. The number of hydrogen-bond acceptors (Lipinski definition) is 3. The summed E-state index contributed by atoms with van der Waals surface area (Å²) in [5.41, 5.74) is 0.468. The Hall–Kier alpha value is -1.91. The predicted octanol–water partition coefficient (Wildman–Crippen LogP) is 1.76. The molecule has 90 valence electrons. The number of nitrogens with one attached hydrogen (secondary N) is 1. The van der Waals surface area contributed by atoms with Crippen LogP contribution < -0.4 is 5.32 Å². The molecule has 1 aliphatic carbocycles. The predicted molar refractivity (Wildman–Crippen MR) is 61.7 cm³/mol. The second-order valence-electron chi connectivity index (χ2n) is 4.97. The molecule has 0 aliphatic heterocycles. The highest BCUT2D eigenvalue weighted by Gasteiger charge is 2.50. The third-order valence-corrected chi connectivity index (χ3v) is 3.08. The van der Waals surface area contributed by atoms with Crippen molar-refractivity contribution >= 4 is 17.6 Å². The molecule has 1 atom stereocenters. The summed E-state index contributed by atoms with van der Waals surface area (Å²) in [6, 6.07) is 2.94. The van der Waals surface area contributed by atoms with Crippen LogP contribution in [0.4, 0.5) is 5.69 Å². The molecule has 1 fully saturated rings. The maximum absolute atomic E-state index is 11.8. The number of carboxylic acids is 1. The van der Waals surface area contributed by atoms with Gasteiger partial charge in [0.15, 0.2) is 0 Å². The van der Waals surface area contributed by atoms with Gasteiger partial charge in [-0.3, -0.25) is 4.79 Å². The first-order chi connectivity index (χ1) is 7.90. The van der Waals surface area contributed by atoms with E-state index in [1.54, 1.807) is 6.07 Å². The molecule has 0 spiro atoms. The van der Waals surface area contributed by atoms with Crippen molar-refractivity contribution in [1.82, 2.24) is 4.98 Å². The van der Waals surface area contributed by atoms with Crippen molar-refractivity contribution in [2.45, 2.75) is 20.3 Å². The van der Waals surface area contributed by atoms with Gasteiger partial charge in [0.05, 0.1) is 0 Å². The van der Waals surface area contributed by atoms with Gasteiger partial charge in [-0.2, -0.15) is 0 Å². The van der Waals surface area contributed by atoms with Crippen LogP contribution in [0.1, 0.15) is 30.8 Å². The number of nitrogens with zero attached hydrogens (tertiary/aromatic N) is 1. The van der Waals surface area contributed by atoms with Crippen molar-refractivity contribution in [2.24, 2.45) is 11.3 Å². The van der Waals surface area contributed by atoms with E-state index in [0.29, 0.717) is 5.69 Å². The molecule has 1 saturated carbocycles. The summed E-state index contributed by atoms with van der Waals surface area (Å²) in [6.45, 7) is 4.07. The summed E-state index contributed by atoms with van der Waals surface area (Å²) >= 11 is 0. The van der Waals surface area contributed by atoms with Gasteiger partial charge in [0, 0.05) is 17.8 Å². The highest BCUT2D eigenvalue weighted by Crippen LogP contribution is 2.51. The molecule has 1 heterocycles. The molecular formula is C12H14N2O3. The number of aromatic carboxylic acids is 1. The minimum absolute atomic E-state index is 0.0175. The van der Waals surface area contributed by atoms with Gasteiger partial charge >= 0.3 is 5.97 Å². The first kappa shape index (κ1) is 11.6. The van der Waals surface area contributed by atoms with Crippen LogP contribution >= 0.6 is 0 Å². The fourth-order valence-corrected chi connectivity index (χ4v) is 1.77. The molecule has 1 aromatic heterocycles. The van der Waals surface area contributed by atoms with Gasteiger partial charge in [-0.25, -0.2) is 9.78 Å². The monoisotopic (exact) mass is 234 g/mol. The smallest absolute Gasteiger partial charge is 0.354 e. The number of amides is 1. The maximum atomic E-state index is 11.8. The lowest BCUT2D eigenvalue weighted by Crippen LogP contribution is -2.17. The van der Waals surface area contributed by atoms with Gasteiger partial charge in [-0.05, 0) is 24.0 Å². The zero-order valence-electron chi connectivity index (χ0n) is 9.73. The van der Waals surface area contributed by atoms with Crippen molar-refractivity contribution in [3.05, 3.63) is 24.0 Å². The molecule has 1 amide bonds. The summed E-state index contributed by atoms with van der Waals surface area (Å²) in [7, 11) is 0. The number of hydrogen-bond donors (Lipinski definition) is 2. The number of carbonyl (C=O) groups is 2. The summed E-state index contributed by atoms with van der Waals surface area (Å²) in [5, 5.41) is 11.5. The molecule has 17 heavy (non-hydrogen) atoms. The van der Waals surface area contributed by atoms with Crippen LogP contribution in [0.15, 0.2) is 18.3 Å². The van der Waals surface area contributed by atoms with Gasteiger partial charge in [0.1, 0.15) is 5.69 Å². The normalized spacial score (nSPS) is 20.7. The van der Waals surface area contributed by atoms with Gasteiger partial charge in [0.2, 0.25) is 5.91 Å². The first-order valence-corrected chi connectivity index (χ1v) is 5.40. The number of aromatic nitrogens is 1. The first-order valence-electron chi connectivity index (χ1n) is 5.40. The fourth-order valence-electron chi connectivity index (χ4n) is 1.77. The Morgan fingerprint density at radius 3 is 2.71 bits per heavy atom. The van der Waals surface area contributed by atoms with Crippen LogP contribution in [0, 0.1) is 11.3 Å². The number of pyridine rings is 1. The Morgan fingerprint density at radius 1 is 1.53 bits per heavy atom. The Bertz CT molecular complexity index is 482. The lowest BCUT2D eigenvalue weighted by Gasteiger charge is -2.06. The topological polar surface area (TPSA) is 79.3 Å². The molecule has 0 saturated heterocycles. The number of anilines is 1. The largest absolute Gasteiger partial charge is 0.477 e. The lowest BCUT2D eigenvalue weighted by atomic mass is 10.1. The van der Waals surface area contributed by atoms with Crippen molar-refractivity contribution in [3.63, 3.8) is 0 Å². The highest BCUT2D eigenvalue weighted by molar-refractivity contribution is 5.96. The fraction of sp³-hybridized carbons (Fsp3) is 0.417. The molecule has 2 rings (SSSR count). The number of carboxylic acid groups (broad SMARTS) is 1. The standard InChI is InChI=1S/C12H14N2O3/c1-12(2)6-8(12)10(15)14-7-3-4-13-9(5-7)11(16)17/h3-5,8H,6H2,1-2H3,(H,16,17)(H,13,14,15). The summed E-state index contributed by atoms with van der Waals surface area (Å²) in [5.74, 6) is -1.14. The van der Waals surface area contributed by atoms with E-state index in [-0.39, 0.29) is 22.9 Å². The third-order valence-electron chi connectivity index (χ3n) is 3.08. The quantitative estimate of drug-likeness (QED) is 0.835. The van der Waals surface area contributed by atoms with E-state index in [4.69, 9.17) is 5.11 Å². The molecule has 1 unspecified atom stereocenters. The van der Waals surface area contributed by atoms with E-state index in [1.807, 2.05) is 13.8 Å². The number of carbonyl (C=O) groups excluding carboxylic acids is 1. The molecule has 2 N–H and O–H groups in total. The van der Waals surface area contributed by atoms with Crippen LogP contribution in [0.3, 0.4) is 0 Å². The molecule has 5 heteroatoms. The van der Waals surface area contributed by atoms with Crippen LogP contribution in [-0.4, -0.2) is 22.0 Å². The maximum Gasteiger partial charge on any atom is 0.354 e. The zero-order chi connectivity index (χ0) is 12.6. The SMILES string of the molecule is CC1(C)CC1C(=O)Nc1ccnc(C(=O)O)c1. The van der Waals surface area contributed by atoms with Crippen LogP contribution in [0.5, 0.6) is 0 Å². The summed E-state index contributed by atoms with van der Waals surface area (Å²) in [6.07, 6.45) is 2.24. The minimum Gasteiger partial charge on any atom is -0.477 e. The lowest BCUT2D eigenvalue weighted by molar-refractivity contribution is -0.118. The third kappa shape index (κ3) is 2.43. The molecule has 0 bridgehead atoms. The van der Waals surface area contributed by atoms with Crippen molar-refractivity contribution in [3.8, 4) is 0 Å². The van der Waals surface area contributed by atoms with E-state index < -0.39 is 5.97 Å². The zero-order valence-corrected chi connectivity index (χ0v) is 9.73. The van der Waals surface area contributed by atoms with Gasteiger partial charge in [-0.15, -0.1) is 0 Å². The van der Waals surface area contributed by atoms with Crippen molar-refractivity contribution in [1.29, 1.82) is 0 Å². The van der Waals surface area contributed by atoms with E-state index >= 15 is 0 Å². The Kier molecular flexibility index (Phi) is 2.61. The second-order valence-corrected chi connectivity index (χ2v) is 4.97. The van der Waals surface area contributed by atoms with Crippen LogP contribution in [0.25, 0.3) is 0 Å². The van der Waals surface area contributed by atoms with Crippen molar-refractivity contribution in [2.75, 3.05) is 5.32 Å². The van der Waals surface area contributed by atoms with E-state index in [0.717, 1.165) is 6.42 Å². The Morgan fingerprint density at radius 2 is 2.18 bits per heavy atom. The molecule has 1 aliphatic rings. The average molecular weight is 234 g/mol. The molecular weight excluding hydrogens is 220 g/mol. The van der Waals surface area contributed by atoms with Gasteiger partial charge in [-0.1, -0.05) is 13.8 Å². The highest BCUT2D eigenvalue weighted by atomic mass is 16.4. The van der Waals surface area contributed by atoms with E-state index in [1.165, 1.54) is 12.3 Å². The van der Waals surface area contributed by atoms with Crippen LogP contribution in [0.2, 0.25) is 0 Å².